The maximum Gasteiger partial charge on any atom is 0.123 e. The summed E-state index contributed by atoms with van der Waals surface area (Å²) < 4.78 is 11.0. The van der Waals surface area contributed by atoms with Gasteiger partial charge < -0.3 is 15.2 Å². The molecule has 2 atom stereocenters. The van der Waals surface area contributed by atoms with E-state index in [-0.39, 0.29) is 5.25 Å². The number of ether oxygens (including phenoxy) is 2. The van der Waals surface area contributed by atoms with Gasteiger partial charge in [0.1, 0.15) is 5.75 Å². The number of nitrogens with two attached hydrogens (primary N) is 1. The largest absolute Gasteiger partial charge is 0.496 e. The molecule has 0 saturated carbocycles. The number of para-hydroxylation sites is 1. The third-order valence-corrected chi connectivity index (χ3v) is 4.62. The van der Waals surface area contributed by atoms with Gasteiger partial charge >= 0.3 is 0 Å². The molecule has 100 valence electrons. The second-order valence-electron chi connectivity index (χ2n) is 4.43. The fraction of sp³-hybridized carbons (Fsp3) is 0.571. The zero-order valence-corrected chi connectivity index (χ0v) is 11.6. The van der Waals surface area contributed by atoms with Crippen molar-refractivity contribution in [3.05, 3.63) is 29.8 Å². The highest BCUT2D eigenvalue weighted by Crippen LogP contribution is 2.35. The van der Waals surface area contributed by atoms with E-state index in [1.165, 1.54) is 18.4 Å². The first-order valence-electron chi connectivity index (χ1n) is 6.41. The molecule has 2 rings (SSSR count). The molecule has 0 aromatic heterocycles. The summed E-state index contributed by atoms with van der Waals surface area (Å²) in [4.78, 5) is 0. The zero-order valence-electron chi connectivity index (χ0n) is 10.8. The van der Waals surface area contributed by atoms with Crippen LogP contribution in [-0.2, 0) is 4.74 Å². The van der Waals surface area contributed by atoms with Gasteiger partial charge in [-0.3, -0.25) is 0 Å². The van der Waals surface area contributed by atoms with Gasteiger partial charge in [0.2, 0.25) is 0 Å². The third-order valence-electron chi connectivity index (χ3n) is 3.21. The Hall–Kier alpha value is -0.710. The van der Waals surface area contributed by atoms with Crippen LogP contribution in [-0.4, -0.2) is 32.1 Å². The summed E-state index contributed by atoms with van der Waals surface area (Å²) >= 11 is 1.87. The smallest absolute Gasteiger partial charge is 0.123 e. The lowest BCUT2D eigenvalue weighted by atomic mass is 10.1. The number of thioether (sulfide) groups is 1. The van der Waals surface area contributed by atoms with E-state index in [9.17, 15) is 0 Å². The van der Waals surface area contributed by atoms with Crippen LogP contribution in [0.2, 0.25) is 0 Å². The Morgan fingerprint density at radius 3 is 3.00 bits per heavy atom. The Labute approximate surface area is 113 Å². The molecule has 0 radical (unpaired) electrons. The van der Waals surface area contributed by atoms with Crippen LogP contribution >= 0.6 is 11.8 Å². The van der Waals surface area contributed by atoms with Gasteiger partial charge in [0, 0.05) is 29.7 Å². The maximum atomic E-state index is 5.90. The summed E-state index contributed by atoms with van der Waals surface area (Å²) in [6.45, 7) is 1.53. The predicted molar refractivity (Wildman–Crippen MR) is 76.2 cm³/mol. The Balaban J connectivity index is 1.98. The molecule has 2 unspecified atom stereocenters. The van der Waals surface area contributed by atoms with Crippen molar-refractivity contribution >= 4 is 11.8 Å². The lowest BCUT2D eigenvalue weighted by Crippen LogP contribution is -2.15. The van der Waals surface area contributed by atoms with E-state index in [0.717, 1.165) is 18.1 Å². The SMILES string of the molecule is COc1ccccc1C(CN)SCC1CCCO1. The van der Waals surface area contributed by atoms with Crippen molar-refractivity contribution in [2.75, 3.05) is 26.0 Å². The molecule has 0 spiro atoms. The highest BCUT2D eigenvalue weighted by atomic mass is 32.2. The molecule has 1 heterocycles. The van der Waals surface area contributed by atoms with E-state index in [4.69, 9.17) is 15.2 Å². The minimum absolute atomic E-state index is 0.283. The van der Waals surface area contributed by atoms with Crippen LogP contribution < -0.4 is 10.5 Å². The van der Waals surface area contributed by atoms with Crippen LogP contribution in [0.3, 0.4) is 0 Å². The molecule has 18 heavy (non-hydrogen) atoms. The average molecular weight is 267 g/mol. The maximum absolute atomic E-state index is 5.90. The Kier molecular flexibility index (Phi) is 5.35. The van der Waals surface area contributed by atoms with Gasteiger partial charge in [0.15, 0.2) is 0 Å². The lowest BCUT2D eigenvalue weighted by Gasteiger charge is -2.19. The van der Waals surface area contributed by atoms with Gasteiger partial charge in [-0.2, -0.15) is 0 Å². The Bertz CT molecular complexity index is 367. The third kappa shape index (κ3) is 3.40. The van der Waals surface area contributed by atoms with Gasteiger partial charge in [0.05, 0.1) is 13.2 Å². The number of hydrogen-bond acceptors (Lipinski definition) is 4. The summed E-state index contributed by atoms with van der Waals surface area (Å²) in [6.07, 6.45) is 2.77. The van der Waals surface area contributed by atoms with Gasteiger partial charge in [-0.15, -0.1) is 11.8 Å². The first kappa shape index (κ1) is 13.7. The molecule has 1 aliphatic heterocycles. The molecule has 3 nitrogen and oxygen atoms in total. The van der Waals surface area contributed by atoms with E-state index in [0.29, 0.717) is 12.6 Å². The van der Waals surface area contributed by atoms with E-state index >= 15 is 0 Å². The van der Waals surface area contributed by atoms with Gasteiger partial charge in [-0.25, -0.2) is 0 Å². The van der Waals surface area contributed by atoms with Gasteiger partial charge in [-0.05, 0) is 18.9 Å². The van der Waals surface area contributed by atoms with Crippen molar-refractivity contribution in [1.29, 1.82) is 0 Å². The standard InChI is InChI=1S/C14H21NO2S/c1-16-13-7-3-2-6-12(13)14(9-15)18-10-11-5-4-8-17-11/h2-3,6-7,11,14H,4-5,8-10,15H2,1H3. The summed E-state index contributed by atoms with van der Waals surface area (Å²) in [5.74, 6) is 1.94. The lowest BCUT2D eigenvalue weighted by molar-refractivity contribution is 0.129. The van der Waals surface area contributed by atoms with Crippen molar-refractivity contribution in [1.82, 2.24) is 0 Å². The van der Waals surface area contributed by atoms with Gasteiger partial charge in [-0.1, -0.05) is 18.2 Å². The van der Waals surface area contributed by atoms with Crippen LogP contribution in [0.15, 0.2) is 24.3 Å². The molecule has 1 aliphatic rings. The normalized spacial score (nSPS) is 20.9. The van der Waals surface area contributed by atoms with Crippen LogP contribution in [0.4, 0.5) is 0 Å². The fourth-order valence-corrected chi connectivity index (χ4v) is 3.44. The number of methoxy groups -OCH3 is 1. The minimum Gasteiger partial charge on any atom is -0.496 e. The zero-order chi connectivity index (χ0) is 12.8. The van der Waals surface area contributed by atoms with Crippen LogP contribution in [0, 0.1) is 0 Å². The van der Waals surface area contributed by atoms with Crippen LogP contribution in [0.5, 0.6) is 5.75 Å². The molecule has 0 amide bonds. The number of rotatable bonds is 6. The average Bonchev–Trinajstić information content (AvgIpc) is 2.93. The summed E-state index contributed by atoms with van der Waals surface area (Å²) in [6, 6.07) is 8.11. The first-order chi connectivity index (χ1) is 8.85. The van der Waals surface area contributed by atoms with Crippen LogP contribution in [0.25, 0.3) is 0 Å². The number of benzene rings is 1. The van der Waals surface area contributed by atoms with Crippen molar-refractivity contribution in [3.63, 3.8) is 0 Å². The first-order valence-corrected chi connectivity index (χ1v) is 7.46. The van der Waals surface area contributed by atoms with Crippen molar-refractivity contribution in [2.45, 2.75) is 24.2 Å². The molecule has 0 aliphatic carbocycles. The van der Waals surface area contributed by atoms with Crippen LogP contribution in [0.1, 0.15) is 23.7 Å². The quantitative estimate of drug-likeness (QED) is 0.860. The second-order valence-corrected chi connectivity index (χ2v) is 5.67. The summed E-state index contributed by atoms with van der Waals surface area (Å²) in [5, 5.41) is 0.283. The highest BCUT2D eigenvalue weighted by Gasteiger charge is 2.20. The van der Waals surface area contributed by atoms with E-state index in [2.05, 4.69) is 6.07 Å². The van der Waals surface area contributed by atoms with Gasteiger partial charge in [0.25, 0.3) is 0 Å². The molecule has 1 aromatic rings. The Morgan fingerprint density at radius 1 is 1.50 bits per heavy atom. The summed E-state index contributed by atoms with van der Waals surface area (Å²) in [7, 11) is 1.71. The monoisotopic (exact) mass is 267 g/mol. The minimum atomic E-state index is 0.283. The van der Waals surface area contributed by atoms with Crippen molar-refractivity contribution in [2.24, 2.45) is 5.73 Å². The molecule has 1 aromatic carbocycles. The van der Waals surface area contributed by atoms with E-state index in [1.54, 1.807) is 7.11 Å². The molecule has 1 saturated heterocycles. The molecule has 0 bridgehead atoms. The highest BCUT2D eigenvalue weighted by molar-refractivity contribution is 7.99. The Morgan fingerprint density at radius 2 is 2.33 bits per heavy atom. The predicted octanol–water partition coefficient (Wildman–Crippen LogP) is 2.61. The molecule has 2 N–H and O–H groups in total. The molecular weight excluding hydrogens is 246 g/mol. The molecule has 1 fully saturated rings. The summed E-state index contributed by atoms with van der Waals surface area (Å²) in [5.41, 5.74) is 7.08. The van der Waals surface area contributed by atoms with Crippen molar-refractivity contribution in [3.8, 4) is 5.75 Å². The second kappa shape index (κ2) is 7.02. The molecular formula is C14H21NO2S. The van der Waals surface area contributed by atoms with E-state index in [1.807, 2.05) is 30.0 Å². The molecule has 4 heteroatoms. The fourth-order valence-electron chi connectivity index (χ4n) is 2.22. The van der Waals surface area contributed by atoms with Crippen molar-refractivity contribution < 1.29 is 9.47 Å². The topological polar surface area (TPSA) is 44.5 Å². The van der Waals surface area contributed by atoms with E-state index < -0.39 is 0 Å². The number of hydrogen-bond donors (Lipinski definition) is 1.